The number of hydrogen-bond acceptors (Lipinski definition) is 4. The number of imidazole rings is 1. The van der Waals surface area contributed by atoms with Crippen molar-refractivity contribution in [2.75, 3.05) is 24.5 Å². The molecule has 2 aliphatic heterocycles. The molecule has 3 atom stereocenters. The molecule has 6 nitrogen and oxygen atoms in total. The van der Waals surface area contributed by atoms with Gasteiger partial charge in [-0.3, -0.25) is 9.69 Å². The number of alkyl halides is 3. The highest BCUT2D eigenvalue weighted by Gasteiger charge is 2.33. The second kappa shape index (κ2) is 9.29. The number of benzene rings is 1. The zero-order valence-corrected chi connectivity index (χ0v) is 18.7. The number of anilines is 1. The highest BCUT2D eigenvalue weighted by molar-refractivity contribution is 5.86. The number of piperidine rings is 2. The number of amides is 1. The van der Waals surface area contributed by atoms with Gasteiger partial charge in [0, 0.05) is 31.7 Å². The van der Waals surface area contributed by atoms with Crippen LogP contribution in [0.2, 0.25) is 0 Å². The van der Waals surface area contributed by atoms with E-state index in [1.807, 2.05) is 4.90 Å². The normalized spacial score (nSPS) is 25.3. The predicted octanol–water partition coefficient (Wildman–Crippen LogP) is 4.32. The molecule has 0 spiro atoms. The van der Waals surface area contributed by atoms with Crippen molar-refractivity contribution in [2.45, 2.75) is 76.7 Å². The molecule has 1 aromatic carbocycles. The van der Waals surface area contributed by atoms with Crippen molar-refractivity contribution < 1.29 is 18.0 Å². The largest absolute Gasteiger partial charge is 0.416 e. The number of nitrogens with one attached hydrogen (secondary N) is 2. The molecule has 2 aliphatic rings. The third-order valence-electron chi connectivity index (χ3n) is 6.92. The predicted molar refractivity (Wildman–Crippen MR) is 119 cm³/mol. The van der Waals surface area contributed by atoms with Gasteiger partial charge in [-0.05, 0) is 64.2 Å². The lowest BCUT2D eigenvalue weighted by molar-refractivity contribution is -0.137. The molecule has 176 valence electrons. The molecule has 0 bridgehead atoms. The molecular weight excluding hydrogens is 419 g/mol. The molecule has 1 amide bonds. The Morgan fingerprint density at radius 1 is 1.16 bits per heavy atom. The van der Waals surface area contributed by atoms with Gasteiger partial charge in [-0.15, -0.1) is 0 Å². The average Bonchev–Trinajstić information content (AvgIpc) is 3.18. The average molecular weight is 452 g/mol. The first-order valence-electron chi connectivity index (χ1n) is 11.6. The maximum Gasteiger partial charge on any atom is 0.416 e. The van der Waals surface area contributed by atoms with Crippen molar-refractivity contribution >= 4 is 22.9 Å². The molecule has 0 aliphatic carbocycles. The van der Waals surface area contributed by atoms with Crippen LogP contribution in [0, 0.1) is 0 Å². The van der Waals surface area contributed by atoms with Gasteiger partial charge in [0.2, 0.25) is 11.9 Å². The number of nitrogens with zero attached hydrogens (tertiary/aromatic N) is 3. The van der Waals surface area contributed by atoms with Gasteiger partial charge in [-0.25, -0.2) is 4.98 Å². The summed E-state index contributed by atoms with van der Waals surface area (Å²) in [5.74, 6) is 0.413. The Kier molecular flexibility index (Phi) is 6.65. The maximum atomic E-state index is 13.0. The summed E-state index contributed by atoms with van der Waals surface area (Å²) in [5.41, 5.74) is 0.0766. The van der Waals surface area contributed by atoms with Crippen molar-refractivity contribution in [1.82, 2.24) is 20.2 Å². The van der Waals surface area contributed by atoms with Crippen LogP contribution < -0.4 is 10.2 Å². The first-order valence-corrected chi connectivity index (χ1v) is 11.6. The van der Waals surface area contributed by atoms with Gasteiger partial charge >= 0.3 is 6.18 Å². The Morgan fingerprint density at radius 3 is 2.62 bits per heavy atom. The van der Waals surface area contributed by atoms with Crippen molar-refractivity contribution in [2.24, 2.45) is 0 Å². The van der Waals surface area contributed by atoms with Crippen LogP contribution in [-0.4, -0.2) is 58.5 Å². The van der Waals surface area contributed by atoms with Gasteiger partial charge in [-0.2, -0.15) is 13.2 Å². The highest BCUT2D eigenvalue weighted by Crippen LogP contribution is 2.32. The van der Waals surface area contributed by atoms with E-state index in [0.29, 0.717) is 48.6 Å². The first kappa shape index (κ1) is 22.9. The van der Waals surface area contributed by atoms with E-state index in [1.165, 1.54) is 25.3 Å². The molecule has 32 heavy (non-hydrogen) atoms. The summed E-state index contributed by atoms with van der Waals surface area (Å²) < 4.78 is 39.1. The van der Waals surface area contributed by atoms with E-state index >= 15 is 0 Å². The topological polar surface area (TPSA) is 64.3 Å². The molecule has 1 aromatic heterocycles. The molecule has 3 heterocycles. The molecule has 9 heteroatoms. The van der Waals surface area contributed by atoms with E-state index in [0.717, 1.165) is 31.5 Å². The maximum absolute atomic E-state index is 13.0. The zero-order chi connectivity index (χ0) is 22.9. The molecule has 2 aromatic rings. The molecule has 2 N–H and O–H groups in total. The van der Waals surface area contributed by atoms with E-state index in [4.69, 9.17) is 0 Å². The minimum atomic E-state index is -4.41. The Hall–Kier alpha value is -2.29. The quantitative estimate of drug-likeness (QED) is 0.711. The van der Waals surface area contributed by atoms with Gasteiger partial charge in [0.05, 0.1) is 16.6 Å². The number of fused-ring (bicyclic) bond motifs is 1. The third-order valence-corrected chi connectivity index (χ3v) is 6.92. The standard InChI is InChI=1S/C23H32F3N5O/c1-15-6-5-7-16(2)30(15)13-11-27-21(32)20-8-3-4-12-31(20)22-28-18-10-9-17(23(24,25)26)14-19(18)29-22/h9-10,14-16,20H,3-8,11-13H2,1-2H3,(H,27,32)(H,28,29)/t15-,16+,20-/m0/s1. The highest BCUT2D eigenvalue weighted by atomic mass is 19.4. The van der Waals surface area contributed by atoms with Crippen LogP contribution in [0.15, 0.2) is 18.2 Å². The van der Waals surface area contributed by atoms with Crippen LogP contribution in [-0.2, 0) is 11.0 Å². The van der Waals surface area contributed by atoms with Crippen molar-refractivity contribution in [3.8, 4) is 0 Å². The third kappa shape index (κ3) is 4.87. The molecule has 0 saturated carbocycles. The fourth-order valence-electron chi connectivity index (χ4n) is 5.11. The number of likely N-dealkylation sites (tertiary alicyclic amines) is 1. The second-order valence-corrected chi connectivity index (χ2v) is 9.15. The smallest absolute Gasteiger partial charge is 0.353 e. The van der Waals surface area contributed by atoms with Crippen molar-refractivity contribution in [1.29, 1.82) is 0 Å². The van der Waals surface area contributed by atoms with E-state index < -0.39 is 11.7 Å². The van der Waals surface area contributed by atoms with Crippen molar-refractivity contribution in [3.05, 3.63) is 23.8 Å². The summed E-state index contributed by atoms with van der Waals surface area (Å²) in [7, 11) is 0. The van der Waals surface area contributed by atoms with Crippen molar-refractivity contribution in [3.63, 3.8) is 0 Å². The van der Waals surface area contributed by atoms with Gasteiger partial charge in [0.25, 0.3) is 0 Å². The first-order chi connectivity index (χ1) is 15.2. The number of carbonyl (C=O) groups excluding carboxylic acids is 1. The summed E-state index contributed by atoms with van der Waals surface area (Å²) in [5, 5.41) is 3.09. The Bertz CT molecular complexity index is 933. The van der Waals surface area contributed by atoms with E-state index in [1.54, 1.807) is 0 Å². The molecule has 2 fully saturated rings. The Balaban J connectivity index is 1.43. The zero-order valence-electron chi connectivity index (χ0n) is 18.7. The molecule has 0 unspecified atom stereocenters. The van der Waals surface area contributed by atoms with Gasteiger partial charge in [0.15, 0.2) is 0 Å². The second-order valence-electron chi connectivity index (χ2n) is 9.15. The monoisotopic (exact) mass is 451 g/mol. The minimum Gasteiger partial charge on any atom is -0.353 e. The number of aromatic nitrogens is 2. The summed E-state index contributed by atoms with van der Waals surface area (Å²) in [6, 6.07) is 4.17. The summed E-state index contributed by atoms with van der Waals surface area (Å²) in [4.78, 5) is 24.9. The van der Waals surface area contributed by atoms with Gasteiger partial charge < -0.3 is 15.2 Å². The molecule has 0 radical (unpaired) electrons. The lowest BCUT2D eigenvalue weighted by Crippen LogP contribution is -2.52. The Labute approximate surface area is 186 Å². The molecule has 4 rings (SSSR count). The van der Waals surface area contributed by atoms with Crippen LogP contribution in [0.4, 0.5) is 19.1 Å². The summed E-state index contributed by atoms with van der Waals surface area (Å²) in [6.07, 6.45) is 1.78. The minimum absolute atomic E-state index is 0.0431. The number of hydrogen-bond donors (Lipinski definition) is 2. The fourth-order valence-corrected chi connectivity index (χ4v) is 5.11. The van der Waals surface area contributed by atoms with E-state index in [9.17, 15) is 18.0 Å². The number of H-pyrrole nitrogens is 1. The molecular formula is C23H32F3N5O. The lowest BCUT2D eigenvalue weighted by Gasteiger charge is -2.39. The lowest BCUT2D eigenvalue weighted by atomic mass is 9.97. The summed E-state index contributed by atoms with van der Waals surface area (Å²) in [6.45, 7) is 6.54. The summed E-state index contributed by atoms with van der Waals surface area (Å²) >= 11 is 0. The SMILES string of the molecule is C[C@@H]1CCC[C@H](C)N1CCNC(=O)[C@@H]1CCCCN1c1nc2ccc(C(F)(F)F)cc2[nH]1. The number of carbonyl (C=O) groups is 1. The van der Waals surface area contributed by atoms with Crippen LogP contribution in [0.1, 0.15) is 57.9 Å². The Morgan fingerprint density at radius 2 is 1.91 bits per heavy atom. The van der Waals surface area contributed by atoms with Crippen LogP contribution in [0.25, 0.3) is 11.0 Å². The van der Waals surface area contributed by atoms with E-state index in [2.05, 4.69) is 34.0 Å². The van der Waals surface area contributed by atoms with Crippen LogP contribution >= 0.6 is 0 Å². The van der Waals surface area contributed by atoms with Gasteiger partial charge in [0.1, 0.15) is 6.04 Å². The number of aromatic amines is 1. The number of rotatable bonds is 5. The van der Waals surface area contributed by atoms with Gasteiger partial charge in [-0.1, -0.05) is 6.42 Å². The van der Waals surface area contributed by atoms with Crippen LogP contribution in [0.5, 0.6) is 0 Å². The van der Waals surface area contributed by atoms with Crippen LogP contribution in [0.3, 0.4) is 0 Å². The molecule has 2 saturated heterocycles. The van der Waals surface area contributed by atoms with E-state index in [-0.39, 0.29) is 11.9 Å². The fraction of sp³-hybridized carbons (Fsp3) is 0.652. The number of halogens is 3.